The summed E-state index contributed by atoms with van der Waals surface area (Å²) in [6.45, 7) is 4.28. The molecule has 0 bridgehead atoms. The van der Waals surface area contributed by atoms with Crippen molar-refractivity contribution in [2.45, 2.75) is 26.2 Å². The summed E-state index contributed by atoms with van der Waals surface area (Å²) in [4.78, 5) is 0. The number of halogens is 1. The van der Waals surface area contributed by atoms with Gasteiger partial charge in [0.05, 0.1) is 14.2 Å². The van der Waals surface area contributed by atoms with Crippen molar-refractivity contribution >= 4 is 15.9 Å². The van der Waals surface area contributed by atoms with Crippen molar-refractivity contribution in [3.63, 3.8) is 0 Å². The summed E-state index contributed by atoms with van der Waals surface area (Å²) in [5.74, 6) is 2.41. The summed E-state index contributed by atoms with van der Waals surface area (Å²) < 4.78 is 12.2. The van der Waals surface area contributed by atoms with Crippen molar-refractivity contribution in [2.75, 3.05) is 27.3 Å². The van der Waals surface area contributed by atoms with Crippen molar-refractivity contribution in [3.8, 4) is 11.5 Å². The lowest BCUT2D eigenvalue weighted by Crippen LogP contribution is -2.30. The fourth-order valence-corrected chi connectivity index (χ4v) is 3.24. The third-order valence-electron chi connectivity index (χ3n) is 3.81. The smallest absolute Gasteiger partial charge is 0.165 e. The Hall–Kier alpha value is -0.740. The van der Waals surface area contributed by atoms with Gasteiger partial charge in [-0.1, -0.05) is 15.9 Å². The van der Waals surface area contributed by atoms with Gasteiger partial charge in [0.15, 0.2) is 11.5 Å². The lowest BCUT2D eigenvalue weighted by atomic mass is 9.91. The van der Waals surface area contributed by atoms with Gasteiger partial charge >= 0.3 is 0 Å². The third-order valence-corrected chi connectivity index (χ3v) is 4.64. The lowest BCUT2D eigenvalue weighted by molar-refractivity contribution is 0.338. The van der Waals surface area contributed by atoms with Crippen LogP contribution in [0.5, 0.6) is 11.5 Å². The predicted octanol–water partition coefficient (Wildman–Crippen LogP) is 3.32. The molecule has 0 radical (unpaired) electrons. The monoisotopic (exact) mass is 327 g/mol. The number of rotatable bonds is 4. The van der Waals surface area contributed by atoms with Gasteiger partial charge in [0.25, 0.3) is 0 Å². The van der Waals surface area contributed by atoms with Gasteiger partial charge in [0, 0.05) is 10.0 Å². The standard InChI is InChI=1S/C15H22BrNO2/c1-10-13(16)8-12(15(19-3)14(10)18-2)7-11-5-4-6-17-9-11/h8,11,17H,4-7,9H2,1-3H3. The van der Waals surface area contributed by atoms with Gasteiger partial charge < -0.3 is 14.8 Å². The summed E-state index contributed by atoms with van der Waals surface area (Å²) >= 11 is 3.61. The van der Waals surface area contributed by atoms with Crippen LogP contribution in [-0.4, -0.2) is 27.3 Å². The van der Waals surface area contributed by atoms with Crippen LogP contribution in [0.1, 0.15) is 24.0 Å². The van der Waals surface area contributed by atoms with Crippen LogP contribution in [0, 0.1) is 12.8 Å². The molecule has 1 heterocycles. The number of methoxy groups -OCH3 is 2. The van der Waals surface area contributed by atoms with Gasteiger partial charge in [-0.3, -0.25) is 0 Å². The molecule has 4 heteroatoms. The van der Waals surface area contributed by atoms with E-state index in [9.17, 15) is 0 Å². The van der Waals surface area contributed by atoms with Gasteiger partial charge in [-0.25, -0.2) is 0 Å². The molecule has 1 aromatic rings. The molecule has 0 aliphatic carbocycles. The maximum Gasteiger partial charge on any atom is 0.165 e. The van der Waals surface area contributed by atoms with Crippen LogP contribution < -0.4 is 14.8 Å². The zero-order valence-corrected chi connectivity index (χ0v) is 13.5. The molecule has 0 saturated carbocycles. The Balaban J connectivity index is 2.30. The van der Waals surface area contributed by atoms with Gasteiger partial charge in [0.2, 0.25) is 0 Å². The van der Waals surface area contributed by atoms with Crippen LogP contribution in [0.25, 0.3) is 0 Å². The van der Waals surface area contributed by atoms with Crippen LogP contribution in [0.4, 0.5) is 0 Å². The SMILES string of the molecule is COc1c(CC2CCCNC2)cc(Br)c(C)c1OC. The van der Waals surface area contributed by atoms with Gasteiger partial charge in [-0.15, -0.1) is 0 Å². The maximum absolute atomic E-state index is 5.58. The highest BCUT2D eigenvalue weighted by atomic mass is 79.9. The highest BCUT2D eigenvalue weighted by Gasteiger charge is 2.20. The molecule has 1 aromatic carbocycles. The van der Waals surface area contributed by atoms with E-state index in [1.165, 1.54) is 18.4 Å². The van der Waals surface area contributed by atoms with Gasteiger partial charge in [-0.05, 0) is 56.8 Å². The number of hydrogen-bond donors (Lipinski definition) is 1. The highest BCUT2D eigenvalue weighted by molar-refractivity contribution is 9.10. The van der Waals surface area contributed by atoms with Crippen molar-refractivity contribution in [1.29, 1.82) is 0 Å². The minimum absolute atomic E-state index is 0.682. The van der Waals surface area contributed by atoms with E-state index in [1.54, 1.807) is 14.2 Å². The van der Waals surface area contributed by atoms with Gasteiger partial charge in [-0.2, -0.15) is 0 Å². The molecule has 0 aromatic heterocycles. The molecule has 1 saturated heterocycles. The van der Waals surface area contributed by atoms with E-state index in [4.69, 9.17) is 9.47 Å². The van der Waals surface area contributed by atoms with Crippen LogP contribution in [0.2, 0.25) is 0 Å². The highest BCUT2D eigenvalue weighted by Crippen LogP contribution is 2.40. The second-order valence-corrected chi connectivity index (χ2v) is 5.98. The largest absolute Gasteiger partial charge is 0.493 e. The lowest BCUT2D eigenvalue weighted by Gasteiger charge is -2.24. The molecule has 0 amide bonds. The Kier molecular flexibility index (Phi) is 5.11. The Morgan fingerprint density at radius 2 is 2.05 bits per heavy atom. The van der Waals surface area contributed by atoms with Crippen molar-refractivity contribution in [1.82, 2.24) is 5.32 Å². The molecule has 1 unspecified atom stereocenters. The number of nitrogens with one attached hydrogen (secondary N) is 1. The first-order chi connectivity index (χ1) is 9.17. The number of ether oxygens (including phenoxy) is 2. The zero-order chi connectivity index (χ0) is 13.8. The summed E-state index contributed by atoms with van der Waals surface area (Å²) in [6, 6.07) is 2.17. The van der Waals surface area contributed by atoms with E-state index in [0.717, 1.165) is 41.0 Å². The average Bonchev–Trinajstić information content (AvgIpc) is 2.43. The quantitative estimate of drug-likeness (QED) is 0.920. The van der Waals surface area contributed by atoms with Crippen molar-refractivity contribution in [2.24, 2.45) is 5.92 Å². The van der Waals surface area contributed by atoms with E-state index >= 15 is 0 Å². The molecule has 1 aliphatic heterocycles. The topological polar surface area (TPSA) is 30.5 Å². The van der Waals surface area contributed by atoms with E-state index in [1.807, 2.05) is 6.92 Å². The number of piperidine rings is 1. The fourth-order valence-electron chi connectivity index (χ4n) is 2.78. The minimum atomic E-state index is 0.682. The van der Waals surface area contributed by atoms with Crippen LogP contribution in [0.3, 0.4) is 0 Å². The Morgan fingerprint density at radius 1 is 1.32 bits per heavy atom. The van der Waals surface area contributed by atoms with Crippen LogP contribution in [-0.2, 0) is 6.42 Å². The maximum atomic E-state index is 5.58. The molecule has 19 heavy (non-hydrogen) atoms. The van der Waals surface area contributed by atoms with Crippen molar-refractivity contribution < 1.29 is 9.47 Å². The summed E-state index contributed by atoms with van der Waals surface area (Å²) in [5.41, 5.74) is 2.32. The molecule has 3 nitrogen and oxygen atoms in total. The van der Waals surface area contributed by atoms with Crippen LogP contribution >= 0.6 is 15.9 Å². The zero-order valence-electron chi connectivity index (χ0n) is 11.9. The molecular weight excluding hydrogens is 306 g/mol. The molecular formula is C15H22BrNO2. The first-order valence-electron chi connectivity index (χ1n) is 6.78. The molecule has 0 spiro atoms. The second-order valence-electron chi connectivity index (χ2n) is 5.13. The first kappa shape index (κ1) is 14.7. The Morgan fingerprint density at radius 3 is 2.63 bits per heavy atom. The fraction of sp³-hybridized carbons (Fsp3) is 0.600. The Bertz CT molecular complexity index is 442. The second kappa shape index (κ2) is 6.62. The minimum Gasteiger partial charge on any atom is -0.493 e. The molecule has 1 fully saturated rings. The third kappa shape index (κ3) is 3.23. The van der Waals surface area contributed by atoms with E-state index in [2.05, 4.69) is 27.3 Å². The Labute approximate surface area is 123 Å². The van der Waals surface area contributed by atoms with Gasteiger partial charge in [0.1, 0.15) is 0 Å². The van der Waals surface area contributed by atoms with E-state index in [-0.39, 0.29) is 0 Å². The predicted molar refractivity (Wildman–Crippen MR) is 81.3 cm³/mol. The van der Waals surface area contributed by atoms with Crippen molar-refractivity contribution in [3.05, 3.63) is 21.7 Å². The molecule has 1 N–H and O–H groups in total. The number of hydrogen-bond acceptors (Lipinski definition) is 3. The van der Waals surface area contributed by atoms with E-state index < -0.39 is 0 Å². The number of benzene rings is 1. The summed E-state index contributed by atoms with van der Waals surface area (Å²) in [6.07, 6.45) is 3.58. The summed E-state index contributed by atoms with van der Waals surface area (Å²) in [5, 5.41) is 3.46. The van der Waals surface area contributed by atoms with Crippen LogP contribution in [0.15, 0.2) is 10.5 Å². The molecule has 1 aliphatic rings. The summed E-state index contributed by atoms with van der Waals surface area (Å²) in [7, 11) is 3.41. The average molecular weight is 328 g/mol. The first-order valence-corrected chi connectivity index (χ1v) is 7.57. The van der Waals surface area contributed by atoms with E-state index in [0.29, 0.717) is 5.92 Å². The molecule has 106 valence electrons. The normalized spacial score (nSPS) is 19.3. The molecule has 1 atom stereocenters. The molecule has 2 rings (SSSR count).